The van der Waals surface area contributed by atoms with Crippen molar-refractivity contribution in [3.8, 4) is 22.3 Å². The van der Waals surface area contributed by atoms with Gasteiger partial charge in [-0.05, 0) is 111 Å². The molecule has 0 saturated heterocycles. The number of nitrogens with zero attached hydrogens (tertiary/aromatic N) is 1. The van der Waals surface area contributed by atoms with Crippen molar-refractivity contribution < 1.29 is 0 Å². The summed E-state index contributed by atoms with van der Waals surface area (Å²) in [7, 11) is 0. The molecule has 1 nitrogen and oxygen atoms in total. The lowest BCUT2D eigenvalue weighted by Crippen LogP contribution is -2.09. The van der Waals surface area contributed by atoms with Crippen molar-refractivity contribution >= 4 is 54.5 Å². The van der Waals surface area contributed by atoms with Gasteiger partial charge in [-0.25, -0.2) is 0 Å². The highest BCUT2D eigenvalue weighted by atomic mass is 79.9. The summed E-state index contributed by atoms with van der Waals surface area (Å²) in [5.74, 6) is 0. The molecule has 0 amide bonds. The number of halogens is 1. The second kappa shape index (κ2) is 10.5. The van der Waals surface area contributed by atoms with Gasteiger partial charge >= 0.3 is 0 Å². The first-order valence-electron chi connectivity index (χ1n) is 13.5. The van der Waals surface area contributed by atoms with E-state index in [-0.39, 0.29) is 0 Å². The predicted molar refractivity (Wildman–Crippen MR) is 175 cm³/mol. The Kier molecular flexibility index (Phi) is 6.39. The van der Waals surface area contributed by atoms with E-state index in [1.807, 2.05) is 0 Å². The second-order valence-electron chi connectivity index (χ2n) is 10.0. The zero-order valence-electron chi connectivity index (χ0n) is 21.8. The van der Waals surface area contributed by atoms with E-state index in [1.165, 1.54) is 43.8 Å². The van der Waals surface area contributed by atoms with E-state index in [4.69, 9.17) is 0 Å². The molecule has 40 heavy (non-hydrogen) atoms. The summed E-state index contributed by atoms with van der Waals surface area (Å²) >= 11 is 3.59. The van der Waals surface area contributed by atoms with Gasteiger partial charge in [0.25, 0.3) is 0 Å². The third-order valence-electron chi connectivity index (χ3n) is 7.46. The summed E-state index contributed by atoms with van der Waals surface area (Å²) in [6.45, 7) is 0. The largest absolute Gasteiger partial charge is 0.311 e. The molecule has 0 spiro atoms. The average molecular weight is 577 g/mol. The maximum Gasteiger partial charge on any atom is 0.0462 e. The van der Waals surface area contributed by atoms with Gasteiger partial charge in [-0.3, -0.25) is 0 Å². The van der Waals surface area contributed by atoms with Crippen molar-refractivity contribution in [2.75, 3.05) is 4.90 Å². The summed E-state index contributed by atoms with van der Waals surface area (Å²) < 4.78 is 1.11. The summed E-state index contributed by atoms with van der Waals surface area (Å²) in [6, 6.07) is 56.5. The second-order valence-corrected chi connectivity index (χ2v) is 11.0. The number of rotatable bonds is 5. The maximum atomic E-state index is 3.59. The summed E-state index contributed by atoms with van der Waals surface area (Å²) in [5.41, 5.74) is 8.27. The number of anilines is 3. The molecule has 0 N–H and O–H groups in total. The van der Waals surface area contributed by atoms with E-state index in [9.17, 15) is 0 Å². The van der Waals surface area contributed by atoms with Crippen LogP contribution in [0.3, 0.4) is 0 Å². The molecule has 0 heterocycles. The molecule has 0 aromatic heterocycles. The van der Waals surface area contributed by atoms with Crippen LogP contribution in [0.5, 0.6) is 0 Å². The third kappa shape index (κ3) is 4.79. The van der Waals surface area contributed by atoms with Crippen LogP contribution in [0.25, 0.3) is 43.8 Å². The fraction of sp³-hybridized carbons (Fsp3) is 0. The molecule has 0 fully saturated rings. The Bertz CT molecular complexity index is 1890. The molecule has 0 unspecified atom stereocenters. The van der Waals surface area contributed by atoms with E-state index in [0.29, 0.717) is 0 Å². The van der Waals surface area contributed by atoms with Crippen LogP contribution in [0.15, 0.2) is 162 Å². The normalized spacial score (nSPS) is 11.1. The summed E-state index contributed by atoms with van der Waals surface area (Å²) in [4.78, 5) is 2.29. The Labute approximate surface area is 243 Å². The molecule has 0 aliphatic heterocycles. The number of hydrogen-bond donors (Lipinski definition) is 0. The van der Waals surface area contributed by atoms with Crippen LogP contribution in [0.4, 0.5) is 17.1 Å². The van der Waals surface area contributed by atoms with E-state index in [2.05, 4.69) is 179 Å². The van der Waals surface area contributed by atoms with Crippen molar-refractivity contribution in [1.29, 1.82) is 0 Å². The Morgan fingerprint density at radius 2 is 0.750 bits per heavy atom. The van der Waals surface area contributed by atoms with Crippen molar-refractivity contribution in [1.82, 2.24) is 0 Å². The van der Waals surface area contributed by atoms with Gasteiger partial charge in [0.05, 0.1) is 0 Å². The maximum absolute atomic E-state index is 3.59. The summed E-state index contributed by atoms with van der Waals surface area (Å²) in [6.07, 6.45) is 0. The van der Waals surface area contributed by atoms with Gasteiger partial charge in [-0.2, -0.15) is 0 Å². The molecule has 0 aliphatic rings. The van der Waals surface area contributed by atoms with Crippen LogP contribution in [0.2, 0.25) is 0 Å². The Morgan fingerprint density at radius 1 is 0.325 bits per heavy atom. The first-order chi connectivity index (χ1) is 19.7. The minimum atomic E-state index is 1.11. The van der Waals surface area contributed by atoms with Crippen LogP contribution < -0.4 is 4.90 Å². The number of hydrogen-bond acceptors (Lipinski definition) is 1. The van der Waals surface area contributed by atoms with E-state index in [1.54, 1.807) is 0 Å². The van der Waals surface area contributed by atoms with Gasteiger partial charge in [0.1, 0.15) is 0 Å². The quantitative estimate of drug-likeness (QED) is 0.184. The lowest BCUT2D eigenvalue weighted by molar-refractivity contribution is 1.28. The highest BCUT2D eigenvalue weighted by Crippen LogP contribution is 2.36. The van der Waals surface area contributed by atoms with Gasteiger partial charge in [0.2, 0.25) is 0 Å². The topological polar surface area (TPSA) is 3.24 Å². The fourth-order valence-electron chi connectivity index (χ4n) is 5.41. The molecule has 0 radical (unpaired) electrons. The van der Waals surface area contributed by atoms with E-state index in [0.717, 1.165) is 21.5 Å². The minimum absolute atomic E-state index is 1.11. The minimum Gasteiger partial charge on any atom is -0.311 e. The molecule has 7 aromatic carbocycles. The Hall–Kier alpha value is -4.66. The van der Waals surface area contributed by atoms with Gasteiger partial charge < -0.3 is 4.90 Å². The number of para-hydroxylation sites is 2. The zero-order valence-corrected chi connectivity index (χ0v) is 23.4. The van der Waals surface area contributed by atoms with Crippen molar-refractivity contribution in [3.05, 3.63) is 162 Å². The van der Waals surface area contributed by atoms with Crippen LogP contribution in [0, 0.1) is 0 Å². The highest BCUT2D eigenvalue weighted by molar-refractivity contribution is 9.10. The molecule has 0 aliphatic carbocycles. The summed E-state index contributed by atoms with van der Waals surface area (Å²) in [5, 5.41) is 5.02. The number of fused-ring (bicyclic) bond motifs is 2. The first kappa shape index (κ1) is 24.4. The molecule has 7 aromatic rings. The highest BCUT2D eigenvalue weighted by Gasteiger charge is 2.12. The smallest absolute Gasteiger partial charge is 0.0462 e. The van der Waals surface area contributed by atoms with E-state index < -0.39 is 0 Å². The molecular formula is C38H26BrN. The van der Waals surface area contributed by atoms with E-state index >= 15 is 0 Å². The standard InChI is InChI=1S/C38H26BrN/c39-35-20-17-32-24-33-23-30(15-16-31(33)25-34(32)26-35)29-13-11-27(12-14-29)28-18-21-38(22-19-28)40(36-7-3-1-4-8-36)37-9-5-2-6-10-37/h1-26H. The fourth-order valence-corrected chi connectivity index (χ4v) is 5.79. The van der Waals surface area contributed by atoms with Crippen LogP contribution >= 0.6 is 15.9 Å². The molecule has 0 bridgehead atoms. The molecule has 190 valence electrons. The van der Waals surface area contributed by atoms with Crippen LogP contribution in [0.1, 0.15) is 0 Å². The lowest BCUT2D eigenvalue weighted by Gasteiger charge is -2.25. The molecular weight excluding hydrogens is 550 g/mol. The molecule has 7 rings (SSSR count). The average Bonchev–Trinajstić information content (AvgIpc) is 3.01. The Morgan fingerprint density at radius 3 is 1.32 bits per heavy atom. The molecule has 0 saturated carbocycles. The monoisotopic (exact) mass is 575 g/mol. The lowest BCUT2D eigenvalue weighted by atomic mass is 9.97. The van der Waals surface area contributed by atoms with Crippen LogP contribution in [-0.2, 0) is 0 Å². The molecule has 0 atom stereocenters. The van der Waals surface area contributed by atoms with Crippen LogP contribution in [-0.4, -0.2) is 0 Å². The number of benzene rings is 7. The Balaban J connectivity index is 1.17. The van der Waals surface area contributed by atoms with Gasteiger partial charge in [0.15, 0.2) is 0 Å². The zero-order chi connectivity index (χ0) is 26.9. The first-order valence-corrected chi connectivity index (χ1v) is 14.2. The van der Waals surface area contributed by atoms with Crippen molar-refractivity contribution in [2.24, 2.45) is 0 Å². The SMILES string of the molecule is Brc1ccc2cc3cc(-c4ccc(-c5ccc(N(c6ccccc6)c6ccccc6)cc5)cc4)ccc3cc2c1. The molecule has 2 heteroatoms. The van der Waals surface area contributed by atoms with Crippen molar-refractivity contribution in [2.45, 2.75) is 0 Å². The third-order valence-corrected chi connectivity index (χ3v) is 7.96. The predicted octanol–water partition coefficient (Wildman–Crippen LogP) is 11.6. The van der Waals surface area contributed by atoms with Gasteiger partial charge in [-0.1, -0.05) is 107 Å². The van der Waals surface area contributed by atoms with Crippen molar-refractivity contribution in [3.63, 3.8) is 0 Å². The van der Waals surface area contributed by atoms with Gasteiger partial charge in [0, 0.05) is 21.5 Å². The van der Waals surface area contributed by atoms with Gasteiger partial charge in [-0.15, -0.1) is 0 Å².